The minimum Gasteiger partial charge on any atom is -0.479 e. The molecule has 0 spiro atoms. The van der Waals surface area contributed by atoms with Crippen molar-refractivity contribution >= 4 is 5.97 Å². The molecule has 0 aliphatic heterocycles. The zero-order valence-electron chi connectivity index (χ0n) is 8.97. The molecule has 15 heavy (non-hydrogen) atoms. The first kappa shape index (κ1) is 11.7. The van der Waals surface area contributed by atoms with Gasteiger partial charge in [0.05, 0.1) is 0 Å². The second-order valence-corrected chi connectivity index (χ2v) is 3.96. The van der Waals surface area contributed by atoms with Crippen LogP contribution in [-0.2, 0) is 11.2 Å². The van der Waals surface area contributed by atoms with Crippen molar-refractivity contribution in [2.24, 2.45) is 0 Å². The number of carboxylic acid groups (broad SMARTS) is 1. The van der Waals surface area contributed by atoms with E-state index in [-0.39, 0.29) is 6.42 Å². The maximum atomic E-state index is 10.5. The third-order valence-corrected chi connectivity index (χ3v) is 2.33. The number of benzene rings is 1. The fourth-order valence-electron chi connectivity index (χ4n) is 1.39. The second kappa shape index (κ2) is 4.94. The topological polar surface area (TPSA) is 57.5 Å². The summed E-state index contributed by atoms with van der Waals surface area (Å²) in [6, 6.07) is 7.66. The van der Waals surface area contributed by atoms with Crippen LogP contribution >= 0.6 is 0 Å². The summed E-state index contributed by atoms with van der Waals surface area (Å²) in [5.74, 6) is -0.767. The molecule has 0 aliphatic rings. The molecule has 0 aliphatic carbocycles. The first-order valence-corrected chi connectivity index (χ1v) is 5.00. The lowest BCUT2D eigenvalue weighted by molar-refractivity contribution is -0.146. The zero-order chi connectivity index (χ0) is 11.4. The van der Waals surface area contributed by atoms with Crippen LogP contribution < -0.4 is 0 Å². The van der Waals surface area contributed by atoms with Crippen molar-refractivity contribution in [1.82, 2.24) is 0 Å². The van der Waals surface area contributed by atoms with Crippen LogP contribution in [0.3, 0.4) is 0 Å². The number of hydrogen-bond donors (Lipinski definition) is 2. The first-order chi connectivity index (χ1) is 7.00. The molecule has 0 bridgehead atoms. The van der Waals surface area contributed by atoms with Gasteiger partial charge in [-0.1, -0.05) is 38.1 Å². The highest BCUT2D eigenvalue weighted by Crippen LogP contribution is 2.16. The number of aliphatic hydroxyl groups excluding tert-OH is 1. The van der Waals surface area contributed by atoms with E-state index < -0.39 is 12.1 Å². The molecule has 0 saturated heterocycles. The highest BCUT2D eigenvalue weighted by molar-refractivity contribution is 5.72. The molecular formula is C12H16O3. The summed E-state index contributed by atoms with van der Waals surface area (Å²) in [4.78, 5) is 10.5. The van der Waals surface area contributed by atoms with Crippen molar-refractivity contribution in [3.05, 3.63) is 35.4 Å². The first-order valence-electron chi connectivity index (χ1n) is 5.00. The number of aliphatic hydroxyl groups is 1. The molecule has 0 fully saturated rings. The largest absolute Gasteiger partial charge is 0.479 e. The highest BCUT2D eigenvalue weighted by Gasteiger charge is 2.13. The summed E-state index contributed by atoms with van der Waals surface area (Å²) in [6.07, 6.45) is -1.15. The highest BCUT2D eigenvalue weighted by atomic mass is 16.4. The second-order valence-electron chi connectivity index (χ2n) is 3.96. The van der Waals surface area contributed by atoms with E-state index >= 15 is 0 Å². The Labute approximate surface area is 89.4 Å². The summed E-state index contributed by atoms with van der Waals surface area (Å²) in [5.41, 5.74) is 2.01. The van der Waals surface area contributed by atoms with Crippen LogP contribution in [0.5, 0.6) is 0 Å². The fraction of sp³-hybridized carbons (Fsp3) is 0.417. The van der Waals surface area contributed by atoms with Crippen molar-refractivity contribution in [1.29, 1.82) is 0 Å². The average molecular weight is 208 g/mol. The molecule has 0 radical (unpaired) electrons. The summed E-state index contributed by atoms with van der Waals surface area (Å²) >= 11 is 0. The van der Waals surface area contributed by atoms with Gasteiger partial charge in [0.15, 0.2) is 6.10 Å². The fourth-order valence-corrected chi connectivity index (χ4v) is 1.39. The van der Waals surface area contributed by atoms with Gasteiger partial charge in [-0.3, -0.25) is 0 Å². The Morgan fingerprint density at radius 3 is 2.60 bits per heavy atom. The molecule has 1 unspecified atom stereocenters. The molecular weight excluding hydrogens is 192 g/mol. The van der Waals surface area contributed by atoms with Gasteiger partial charge in [0.1, 0.15) is 0 Å². The van der Waals surface area contributed by atoms with Crippen LogP contribution in [0.2, 0.25) is 0 Å². The zero-order valence-corrected chi connectivity index (χ0v) is 8.97. The molecule has 0 amide bonds. The molecule has 0 aromatic heterocycles. The van der Waals surface area contributed by atoms with Gasteiger partial charge in [0.25, 0.3) is 0 Å². The van der Waals surface area contributed by atoms with E-state index in [1.54, 1.807) is 0 Å². The normalized spacial score (nSPS) is 12.8. The smallest absolute Gasteiger partial charge is 0.332 e. The molecule has 3 nitrogen and oxygen atoms in total. The number of rotatable bonds is 4. The predicted octanol–water partition coefficient (Wildman–Crippen LogP) is 1.80. The van der Waals surface area contributed by atoms with E-state index in [1.807, 2.05) is 24.3 Å². The predicted molar refractivity (Wildman–Crippen MR) is 57.9 cm³/mol. The minimum absolute atomic E-state index is 0.163. The molecule has 1 rings (SSSR count). The van der Waals surface area contributed by atoms with Gasteiger partial charge in [-0.2, -0.15) is 0 Å². The maximum absolute atomic E-state index is 10.5. The summed E-state index contributed by atoms with van der Waals surface area (Å²) < 4.78 is 0. The Bertz CT molecular complexity index is 344. The van der Waals surface area contributed by atoms with Crippen LogP contribution in [0, 0.1) is 0 Å². The maximum Gasteiger partial charge on any atom is 0.332 e. The monoisotopic (exact) mass is 208 g/mol. The summed E-state index contributed by atoms with van der Waals surface area (Å²) in [7, 11) is 0. The summed E-state index contributed by atoms with van der Waals surface area (Å²) in [6.45, 7) is 4.15. The van der Waals surface area contributed by atoms with Crippen LogP contribution in [0.4, 0.5) is 0 Å². The van der Waals surface area contributed by atoms with Gasteiger partial charge in [-0.15, -0.1) is 0 Å². The van der Waals surface area contributed by atoms with Crippen molar-refractivity contribution in [3.8, 4) is 0 Å². The average Bonchev–Trinajstić information content (AvgIpc) is 2.18. The number of aliphatic carboxylic acids is 1. The van der Waals surface area contributed by atoms with Crippen LogP contribution in [0.15, 0.2) is 24.3 Å². The molecule has 2 N–H and O–H groups in total. The number of hydrogen-bond acceptors (Lipinski definition) is 2. The molecule has 1 aromatic rings. The number of carboxylic acids is 1. The third kappa shape index (κ3) is 3.36. The Morgan fingerprint density at radius 2 is 2.07 bits per heavy atom. The van der Waals surface area contributed by atoms with Gasteiger partial charge >= 0.3 is 5.97 Å². The van der Waals surface area contributed by atoms with E-state index in [2.05, 4.69) is 13.8 Å². The Balaban J connectivity index is 2.78. The van der Waals surface area contributed by atoms with Crippen molar-refractivity contribution in [2.45, 2.75) is 32.3 Å². The molecule has 3 heteroatoms. The van der Waals surface area contributed by atoms with Gasteiger partial charge < -0.3 is 10.2 Å². The number of carbonyl (C=O) groups is 1. The molecule has 82 valence electrons. The van der Waals surface area contributed by atoms with Crippen LogP contribution in [0.1, 0.15) is 30.9 Å². The summed E-state index contributed by atoms with van der Waals surface area (Å²) in [5, 5.41) is 17.8. The molecule has 0 heterocycles. The minimum atomic E-state index is -1.31. The molecule has 1 atom stereocenters. The van der Waals surface area contributed by atoms with E-state index in [0.29, 0.717) is 5.92 Å². The lowest BCUT2D eigenvalue weighted by atomic mass is 9.98. The van der Waals surface area contributed by atoms with Gasteiger partial charge in [0, 0.05) is 6.42 Å². The van der Waals surface area contributed by atoms with E-state index in [9.17, 15) is 9.90 Å². The van der Waals surface area contributed by atoms with Crippen LogP contribution in [0.25, 0.3) is 0 Å². The van der Waals surface area contributed by atoms with Crippen LogP contribution in [-0.4, -0.2) is 22.3 Å². The van der Waals surface area contributed by atoms with E-state index in [4.69, 9.17) is 5.11 Å². The standard InChI is InChI=1S/C12H16O3/c1-8(2)10-5-3-4-9(6-10)7-11(13)12(14)15/h3-6,8,11,13H,7H2,1-2H3,(H,14,15). The lowest BCUT2D eigenvalue weighted by Crippen LogP contribution is -2.21. The molecule has 0 saturated carbocycles. The third-order valence-electron chi connectivity index (χ3n) is 2.33. The lowest BCUT2D eigenvalue weighted by Gasteiger charge is -2.09. The van der Waals surface area contributed by atoms with E-state index in [1.165, 1.54) is 0 Å². The van der Waals surface area contributed by atoms with Gasteiger partial charge in [-0.25, -0.2) is 4.79 Å². The van der Waals surface area contributed by atoms with Crippen molar-refractivity contribution in [3.63, 3.8) is 0 Å². The van der Waals surface area contributed by atoms with E-state index in [0.717, 1.165) is 11.1 Å². The van der Waals surface area contributed by atoms with Crippen molar-refractivity contribution in [2.75, 3.05) is 0 Å². The van der Waals surface area contributed by atoms with Gasteiger partial charge in [0.2, 0.25) is 0 Å². The van der Waals surface area contributed by atoms with Crippen molar-refractivity contribution < 1.29 is 15.0 Å². The quantitative estimate of drug-likeness (QED) is 0.793. The Morgan fingerprint density at radius 1 is 1.40 bits per heavy atom. The van der Waals surface area contributed by atoms with Gasteiger partial charge in [-0.05, 0) is 17.0 Å². The SMILES string of the molecule is CC(C)c1cccc(CC(O)C(=O)O)c1. The Kier molecular flexibility index (Phi) is 3.86. The molecule has 1 aromatic carbocycles. The Hall–Kier alpha value is -1.35.